The number of amides is 1. The SMILES string of the molecule is CCN(CC(F)(F)F)C(=O)c1n[nH]c(C)c1N. The molecule has 0 saturated heterocycles. The molecule has 96 valence electrons. The molecule has 8 heteroatoms. The number of halogens is 3. The summed E-state index contributed by atoms with van der Waals surface area (Å²) in [6.45, 7) is 1.66. The summed E-state index contributed by atoms with van der Waals surface area (Å²) in [6, 6.07) is 0. The van der Waals surface area contributed by atoms with Crippen molar-refractivity contribution >= 4 is 11.6 Å². The van der Waals surface area contributed by atoms with E-state index in [1.807, 2.05) is 0 Å². The lowest BCUT2D eigenvalue weighted by Crippen LogP contribution is -2.39. The molecule has 0 radical (unpaired) electrons. The third-order valence-corrected chi connectivity index (χ3v) is 2.24. The predicted octanol–water partition coefficient (Wildman–Crippen LogP) is 1.32. The van der Waals surface area contributed by atoms with E-state index in [9.17, 15) is 18.0 Å². The normalized spacial score (nSPS) is 11.6. The van der Waals surface area contributed by atoms with Crippen LogP contribution < -0.4 is 5.73 Å². The fourth-order valence-electron chi connectivity index (χ4n) is 1.29. The van der Waals surface area contributed by atoms with Crippen LogP contribution in [-0.2, 0) is 0 Å². The van der Waals surface area contributed by atoms with E-state index in [2.05, 4.69) is 10.2 Å². The van der Waals surface area contributed by atoms with Crippen LogP contribution in [0.15, 0.2) is 0 Å². The Morgan fingerprint density at radius 1 is 1.53 bits per heavy atom. The maximum atomic E-state index is 12.2. The first-order valence-electron chi connectivity index (χ1n) is 4.92. The Morgan fingerprint density at radius 2 is 2.12 bits per heavy atom. The molecule has 0 bridgehead atoms. The van der Waals surface area contributed by atoms with Gasteiger partial charge in [-0.25, -0.2) is 0 Å². The van der Waals surface area contributed by atoms with Gasteiger partial charge in [-0.3, -0.25) is 9.89 Å². The summed E-state index contributed by atoms with van der Waals surface area (Å²) in [5, 5.41) is 6.06. The number of hydrogen-bond donors (Lipinski definition) is 2. The fraction of sp³-hybridized carbons (Fsp3) is 0.556. The summed E-state index contributed by atoms with van der Waals surface area (Å²) in [5.74, 6) is -0.827. The van der Waals surface area contributed by atoms with Gasteiger partial charge in [-0.15, -0.1) is 0 Å². The fourth-order valence-corrected chi connectivity index (χ4v) is 1.29. The number of carbonyl (C=O) groups excluding carboxylic acids is 1. The lowest BCUT2D eigenvalue weighted by Gasteiger charge is -2.21. The molecule has 0 aromatic carbocycles. The van der Waals surface area contributed by atoms with Gasteiger partial charge in [0.15, 0.2) is 5.69 Å². The monoisotopic (exact) mass is 250 g/mol. The largest absolute Gasteiger partial charge is 0.406 e. The van der Waals surface area contributed by atoms with E-state index in [1.54, 1.807) is 6.92 Å². The van der Waals surface area contributed by atoms with Gasteiger partial charge in [-0.05, 0) is 13.8 Å². The summed E-state index contributed by atoms with van der Waals surface area (Å²) >= 11 is 0. The van der Waals surface area contributed by atoms with Crippen molar-refractivity contribution in [2.45, 2.75) is 20.0 Å². The number of nitrogen functional groups attached to an aromatic ring is 1. The molecule has 0 aliphatic rings. The Kier molecular flexibility index (Phi) is 3.64. The van der Waals surface area contributed by atoms with Crippen molar-refractivity contribution in [1.82, 2.24) is 15.1 Å². The van der Waals surface area contributed by atoms with Crippen molar-refractivity contribution in [3.8, 4) is 0 Å². The molecule has 5 nitrogen and oxygen atoms in total. The molecule has 1 aromatic heterocycles. The number of carbonyl (C=O) groups is 1. The molecule has 0 spiro atoms. The van der Waals surface area contributed by atoms with Crippen molar-refractivity contribution in [1.29, 1.82) is 0 Å². The van der Waals surface area contributed by atoms with Crippen LogP contribution in [0.2, 0.25) is 0 Å². The van der Waals surface area contributed by atoms with Gasteiger partial charge in [0.2, 0.25) is 0 Å². The minimum absolute atomic E-state index is 0.0658. The molecular formula is C9H13F3N4O. The quantitative estimate of drug-likeness (QED) is 0.849. The Morgan fingerprint density at radius 3 is 2.47 bits per heavy atom. The highest BCUT2D eigenvalue weighted by Gasteiger charge is 2.33. The first kappa shape index (κ1) is 13.3. The number of aryl methyl sites for hydroxylation is 1. The molecule has 0 aliphatic heterocycles. The average Bonchev–Trinajstić information content (AvgIpc) is 2.54. The summed E-state index contributed by atoms with van der Waals surface area (Å²) in [6.07, 6.45) is -4.44. The highest BCUT2D eigenvalue weighted by Crippen LogP contribution is 2.20. The maximum absolute atomic E-state index is 12.2. The van der Waals surface area contributed by atoms with Gasteiger partial charge in [0.1, 0.15) is 6.54 Å². The number of nitrogens with zero attached hydrogens (tertiary/aromatic N) is 2. The lowest BCUT2D eigenvalue weighted by molar-refractivity contribution is -0.140. The minimum Gasteiger partial charge on any atom is -0.395 e. The van der Waals surface area contributed by atoms with Gasteiger partial charge in [0.05, 0.1) is 11.4 Å². The molecule has 0 fully saturated rings. The Bertz CT molecular complexity index is 413. The van der Waals surface area contributed by atoms with Gasteiger partial charge in [-0.1, -0.05) is 0 Å². The molecule has 1 aromatic rings. The second kappa shape index (κ2) is 4.64. The third kappa shape index (κ3) is 3.11. The number of hydrogen-bond acceptors (Lipinski definition) is 3. The predicted molar refractivity (Wildman–Crippen MR) is 55.4 cm³/mol. The van der Waals surface area contributed by atoms with Gasteiger partial charge in [-0.2, -0.15) is 18.3 Å². The second-order valence-corrected chi connectivity index (χ2v) is 3.55. The van der Waals surface area contributed by atoms with Crippen molar-refractivity contribution in [3.63, 3.8) is 0 Å². The topological polar surface area (TPSA) is 75.0 Å². The van der Waals surface area contributed by atoms with Gasteiger partial charge >= 0.3 is 6.18 Å². The van der Waals surface area contributed by atoms with Crippen LogP contribution >= 0.6 is 0 Å². The van der Waals surface area contributed by atoms with E-state index in [1.165, 1.54) is 6.92 Å². The number of rotatable bonds is 3. The first-order valence-corrected chi connectivity index (χ1v) is 4.92. The first-order chi connectivity index (χ1) is 7.76. The summed E-state index contributed by atoms with van der Waals surface area (Å²) < 4.78 is 36.7. The average molecular weight is 250 g/mol. The van der Waals surface area contributed by atoms with Crippen LogP contribution in [0.5, 0.6) is 0 Å². The molecule has 0 aliphatic carbocycles. The molecule has 17 heavy (non-hydrogen) atoms. The standard InChI is InChI=1S/C9H13F3N4O/c1-3-16(4-9(10,11)12)8(17)7-6(13)5(2)14-15-7/h3-4,13H2,1-2H3,(H,14,15). The van der Waals surface area contributed by atoms with Crippen LogP contribution in [-0.4, -0.2) is 40.3 Å². The van der Waals surface area contributed by atoms with Gasteiger partial charge in [0, 0.05) is 6.54 Å². The summed E-state index contributed by atoms with van der Waals surface area (Å²) in [4.78, 5) is 12.4. The molecule has 0 saturated carbocycles. The Hall–Kier alpha value is -1.73. The van der Waals surface area contributed by atoms with Crippen LogP contribution in [0.3, 0.4) is 0 Å². The number of H-pyrrole nitrogens is 1. The number of aromatic nitrogens is 2. The van der Waals surface area contributed by atoms with Crippen LogP contribution in [0.4, 0.5) is 18.9 Å². The van der Waals surface area contributed by atoms with E-state index in [0.717, 1.165) is 0 Å². The zero-order valence-corrected chi connectivity index (χ0v) is 9.43. The molecule has 0 unspecified atom stereocenters. The van der Waals surface area contributed by atoms with E-state index in [4.69, 9.17) is 5.73 Å². The molecule has 1 heterocycles. The van der Waals surface area contributed by atoms with E-state index in [-0.39, 0.29) is 17.9 Å². The highest BCUT2D eigenvalue weighted by atomic mass is 19.4. The third-order valence-electron chi connectivity index (χ3n) is 2.24. The van der Waals surface area contributed by atoms with Crippen LogP contribution in [0, 0.1) is 6.92 Å². The molecule has 3 N–H and O–H groups in total. The Balaban J connectivity index is 2.91. The van der Waals surface area contributed by atoms with E-state index >= 15 is 0 Å². The zero-order chi connectivity index (χ0) is 13.2. The lowest BCUT2D eigenvalue weighted by atomic mass is 10.2. The Labute approximate surface area is 95.8 Å². The van der Waals surface area contributed by atoms with Crippen molar-refractivity contribution < 1.29 is 18.0 Å². The summed E-state index contributed by atoms with van der Waals surface area (Å²) in [7, 11) is 0. The number of nitrogens with one attached hydrogen (secondary N) is 1. The minimum atomic E-state index is -4.44. The highest BCUT2D eigenvalue weighted by molar-refractivity contribution is 5.97. The van der Waals surface area contributed by atoms with Gasteiger partial charge in [0.25, 0.3) is 5.91 Å². The smallest absolute Gasteiger partial charge is 0.395 e. The second-order valence-electron chi connectivity index (χ2n) is 3.55. The molecule has 1 amide bonds. The molecular weight excluding hydrogens is 237 g/mol. The van der Waals surface area contributed by atoms with Gasteiger partial charge < -0.3 is 10.6 Å². The van der Waals surface area contributed by atoms with Crippen LogP contribution in [0.1, 0.15) is 23.1 Å². The summed E-state index contributed by atoms with van der Waals surface area (Å²) in [5.41, 5.74) is 5.90. The number of alkyl halides is 3. The van der Waals surface area contributed by atoms with Crippen molar-refractivity contribution in [3.05, 3.63) is 11.4 Å². The molecule has 0 atom stereocenters. The van der Waals surface area contributed by atoms with Crippen LogP contribution in [0.25, 0.3) is 0 Å². The van der Waals surface area contributed by atoms with E-state index < -0.39 is 18.6 Å². The number of anilines is 1. The van der Waals surface area contributed by atoms with Crippen molar-refractivity contribution in [2.24, 2.45) is 0 Å². The maximum Gasteiger partial charge on any atom is 0.406 e. The molecule has 1 rings (SSSR count). The number of nitrogens with two attached hydrogens (primary N) is 1. The zero-order valence-electron chi connectivity index (χ0n) is 9.43. The van der Waals surface area contributed by atoms with E-state index in [0.29, 0.717) is 10.6 Å². The number of aromatic amines is 1. The van der Waals surface area contributed by atoms with Crippen molar-refractivity contribution in [2.75, 3.05) is 18.8 Å².